The van der Waals surface area contributed by atoms with E-state index in [1.807, 2.05) is 43.3 Å². The van der Waals surface area contributed by atoms with E-state index in [4.69, 9.17) is 20.0 Å². The zero-order valence-electron chi connectivity index (χ0n) is 12.8. The Morgan fingerprint density at radius 2 is 1.87 bits per heavy atom. The third-order valence-electron chi connectivity index (χ3n) is 3.14. The van der Waals surface area contributed by atoms with Gasteiger partial charge in [0.15, 0.2) is 11.5 Å². The standard InChI is InChI=1S/C19H16N2O2/c1-2-22-19-12-15(6-5-11-20)9-10-18(19)23-14-17-8-4-3-7-16(17)13-21/h3-10,12H,2,14H2,1H3. The fourth-order valence-corrected chi connectivity index (χ4v) is 2.06. The van der Waals surface area contributed by atoms with Crippen LogP contribution in [0, 0.1) is 22.7 Å². The maximum Gasteiger partial charge on any atom is 0.161 e. The molecule has 0 saturated heterocycles. The van der Waals surface area contributed by atoms with Gasteiger partial charge in [-0.15, -0.1) is 0 Å². The predicted molar refractivity (Wildman–Crippen MR) is 87.7 cm³/mol. The highest BCUT2D eigenvalue weighted by atomic mass is 16.5. The van der Waals surface area contributed by atoms with Gasteiger partial charge in [-0.05, 0) is 36.8 Å². The molecule has 0 aliphatic carbocycles. The number of nitriles is 2. The molecule has 0 bridgehead atoms. The fraction of sp³-hybridized carbons (Fsp3) is 0.158. The zero-order valence-corrected chi connectivity index (χ0v) is 12.8. The SMILES string of the molecule is CCOc1cc(C=CC#N)ccc1OCc1ccccc1C#N. The van der Waals surface area contributed by atoms with E-state index in [1.54, 1.807) is 18.2 Å². The van der Waals surface area contributed by atoms with E-state index >= 15 is 0 Å². The molecule has 2 rings (SSSR count). The summed E-state index contributed by atoms with van der Waals surface area (Å²) in [7, 11) is 0. The molecule has 0 aliphatic heterocycles. The third-order valence-corrected chi connectivity index (χ3v) is 3.14. The molecule has 2 aromatic carbocycles. The number of allylic oxidation sites excluding steroid dienone is 1. The quantitative estimate of drug-likeness (QED) is 0.754. The van der Waals surface area contributed by atoms with Crippen LogP contribution in [0.1, 0.15) is 23.6 Å². The van der Waals surface area contributed by atoms with Crippen LogP contribution < -0.4 is 9.47 Å². The zero-order chi connectivity index (χ0) is 16.5. The largest absolute Gasteiger partial charge is 0.490 e. The van der Waals surface area contributed by atoms with Gasteiger partial charge in [0.1, 0.15) is 6.61 Å². The number of ether oxygens (including phenoxy) is 2. The van der Waals surface area contributed by atoms with Crippen molar-refractivity contribution in [2.75, 3.05) is 6.61 Å². The van der Waals surface area contributed by atoms with Crippen molar-refractivity contribution in [1.29, 1.82) is 10.5 Å². The van der Waals surface area contributed by atoms with Crippen molar-refractivity contribution < 1.29 is 9.47 Å². The molecule has 0 N–H and O–H groups in total. The van der Waals surface area contributed by atoms with Gasteiger partial charge in [-0.25, -0.2) is 0 Å². The van der Waals surface area contributed by atoms with E-state index < -0.39 is 0 Å². The van der Waals surface area contributed by atoms with E-state index in [1.165, 1.54) is 6.08 Å². The molecule has 0 aromatic heterocycles. The van der Waals surface area contributed by atoms with Gasteiger partial charge in [-0.3, -0.25) is 0 Å². The Morgan fingerprint density at radius 3 is 2.61 bits per heavy atom. The molecule has 0 heterocycles. The molecule has 0 spiro atoms. The summed E-state index contributed by atoms with van der Waals surface area (Å²) in [6, 6.07) is 16.9. The maximum atomic E-state index is 9.11. The van der Waals surface area contributed by atoms with Gasteiger partial charge in [0.05, 0.1) is 24.3 Å². The van der Waals surface area contributed by atoms with Gasteiger partial charge in [-0.2, -0.15) is 10.5 Å². The van der Waals surface area contributed by atoms with E-state index in [2.05, 4.69) is 6.07 Å². The minimum Gasteiger partial charge on any atom is -0.490 e. The summed E-state index contributed by atoms with van der Waals surface area (Å²) >= 11 is 0. The first kappa shape index (κ1) is 16.1. The van der Waals surface area contributed by atoms with Crippen molar-refractivity contribution in [3.05, 3.63) is 65.2 Å². The predicted octanol–water partition coefficient (Wildman–Crippen LogP) is 4.07. The molecular weight excluding hydrogens is 288 g/mol. The highest BCUT2D eigenvalue weighted by molar-refractivity contribution is 5.57. The third kappa shape index (κ3) is 4.36. The lowest BCUT2D eigenvalue weighted by Gasteiger charge is -2.13. The molecule has 0 saturated carbocycles. The van der Waals surface area contributed by atoms with Crippen molar-refractivity contribution in [2.45, 2.75) is 13.5 Å². The Labute approximate surface area is 135 Å². The molecule has 0 atom stereocenters. The molecule has 0 fully saturated rings. The molecule has 4 heteroatoms. The Kier molecular flexibility index (Phi) is 5.80. The minimum absolute atomic E-state index is 0.289. The first-order chi connectivity index (χ1) is 11.3. The Balaban J connectivity index is 2.20. The Hall–Kier alpha value is -3.24. The lowest BCUT2D eigenvalue weighted by Crippen LogP contribution is -2.01. The van der Waals surface area contributed by atoms with Crippen molar-refractivity contribution in [3.63, 3.8) is 0 Å². The summed E-state index contributed by atoms with van der Waals surface area (Å²) in [6.07, 6.45) is 3.12. The second kappa shape index (κ2) is 8.26. The number of hydrogen-bond donors (Lipinski definition) is 0. The van der Waals surface area contributed by atoms with Crippen LogP contribution >= 0.6 is 0 Å². The van der Waals surface area contributed by atoms with Gasteiger partial charge < -0.3 is 9.47 Å². The van der Waals surface area contributed by atoms with E-state index in [-0.39, 0.29) is 6.61 Å². The average molecular weight is 304 g/mol. The van der Waals surface area contributed by atoms with Crippen LogP contribution in [0.25, 0.3) is 6.08 Å². The first-order valence-corrected chi connectivity index (χ1v) is 7.22. The van der Waals surface area contributed by atoms with E-state index in [0.29, 0.717) is 23.7 Å². The summed E-state index contributed by atoms with van der Waals surface area (Å²) in [5.74, 6) is 1.22. The Bertz CT molecular complexity index is 783. The summed E-state index contributed by atoms with van der Waals surface area (Å²) < 4.78 is 11.4. The molecule has 114 valence electrons. The monoisotopic (exact) mass is 304 g/mol. The summed E-state index contributed by atoms with van der Waals surface area (Å²) in [5.41, 5.74) is 2.28. The fourth-order valence-electron chi connectivity index (χ4n) is 2.06. The van der Waals surface area contributed by atoms with Crippen molar-refractivity contribution in [1.82, 2.24) is 0 Å². The van der Waals surface area contributed by atoms with E-state index in [9.17, 15) is 0 Å². The summed E-state index contributed by atoms with van der Waals surface area (Å²) in [5, 5.41) is 17.7. The number of nitrogens with zero attached hydrogens (tertiary/aromatic N) is 2. The topological polar surface area (TPSA) is 66.0 Å². The van der Waals surface area contributed by atoms with Crippen LogP contribution in [0.5, 0.6) is 11.5 Å². The smallest absolute Gasteiger partial charge is 0.161 e. The van der Waals surface area contributed by atoms with Crippen molar-refractivity contribution in [3.8, 4) is 23.6 Å². The second-order valence-electron chi connectivity index (χ2n) is 4.66. The number of hydrogen-bond acceptors (Lipinski definition) is 4. The molecular formula is C19H16N2O2. The highest BCUT2D eigenvalue weighted by Crippen LogP contribution is 2.30. The van der Waals surface area contributed by atoms with Crippen LogP contribution in [0.2, 0.25) is 0 Å². The highest BCUT2D eigenvalue weighted by Gasteiger charge is 2.08. The molecule has 0 unspecified atom stereocenters. The van der Waals surface area contributed by atoms with Crippen molar-refractivity contribution >= 4 is 6.08 Å². The molecule has 2 aromatic rings. The molecule has 0 aliphatic rings. The lowest BCUT2D eigenvalue weighted by molar-refractivity contribution is 0.269. The average Bonchev–Trinajstić information content (AvgIpc) is 2.59. The van der Waals surface area contributed by atoms with Gasteiger partial charge in [0.2, 0.25) is 0 Å². The van der Waals surface area contributed by atoms with Crippen LogP contribution in [0.4, 0.5) is 0 Å². The van der Waals surface area contributed by atoms with Gasteiger partial charge in [-0.1, -0.05) is 24.3 Å². The normalized spacial score (nSPS) is 10.0. The molecule has 4 nitrogen and oxygen atoms in total. The molecule has 23 heavy (non-hydrogen) atoms. The Morgan fingerprint density at radius 1 is 1.04 bits per heavy atom. The van der Waals surface area contributed by atoms with Gasteiger partial charge in [0, 0.05) is 11.6 Å². The number of benzene rings is 2. The number of rotatable bonds is 6. The summed E-state index contributed by atoms with van der Waals surface area (Å²) in [4.78, 5) is 0. The van der Waals surface area contributed by atoms with Crippen molar-refractivity contribution in [2.24, 2.45) is 0 Å². The first-order valence-electron chi connectivity index (χ1n) is 7.22. The van der Waals surface area contributed by atoms with E-state index in [0.717, 1.165) is 11.1 Å². The maximum absolute atomic E-state index is 9.11. The minimum atomic E-state index is 0.289. The lowest BCUT2D eigenvalue weighted by atomic mass is 10.1. The van der Waals surface area contributed by atoms with Crippen LogP contribution in [-0.4, -0.2) is 6.61 Å². The second-order valence-corrected chi connectivity index (χ2v) is 4.66. The molecule has 0 radical (unpaired) electrons. The van der Waals surface area contributed by atoms with Crippen LogP contribution in [0.15, 0.2) is 48.5 Å². The van der Waals surface area contributed by atoms with Crippen LogP contribution in [-0.2, 0) is 6.61 Å². The summed E-state index contributed by atoms with van der Waals surface area (Å²) in [6.45, 7) is 2.69. The van der Waals surface area contributed by atoms with Crippen LogP contribution in [0.3, 0.4) is 0 Å². The van der Waals surface area contributed by atoms with Gasteiger partial charge in [0.25, 0.3) is 0 Å². The molecule has 0 amide bonds. The van der Waals surface area contributed by atoms with Gasteiger partial charge >= 0.3 is 0 Å².